The third-order valence-corrected chi connectivity index (χ3v) is 2.98. The van der Waals surface area contributed by atoms with Gasteiger partial charge in [-0.3, -0.25) is 0 Å². The first-order valence-electron chi connectivity index (χ1n) is 6.02. The van der Waals surface area contributed by atoms with Gasteiger partial charge in [0.1, 0.15) is 11.6 Å². The minimum absolute atomic E-state index is 0.0136. The first-order chi connectivity index (χ1) is 10.2. The van der Waals surface area contributed by atoms with E-state index in [4.69, 9.17) is 9.84 Å². The Hall–Kier alpha value is -2.57. The minimum atomic E-state index is -4.58. The number of hydrogen-bond acceptors (Lipinski definition) is 2. The maximum atomic E-state index is 13.5. The molecule has 0 bridgehead atoms. The zero-order valence-corrected chi connectivity index (χ0v) is 11.2. The number of halogens is 4. The van der Waals surface area contributed by atoms with Gasteiger partial charge in [-0.2, -0.15) is 13.2 Å². The summed E-state index contributed by atoms with van der Waals surface area (Å²) in [6, 6.07) is 5.54. The molecule has 7 heteroatoms. The van der Waals surface area contributed by atoms with E-state index in [1.807, 2.05) is 0 Å². The number of rotatable bonds is 3. The van der Waals surface area contributed by atoms with Crippen molar-refractivity contribution in [2.24, 2.45) is 0 Å². The molecule has 0 saturated carbocycles. The number of carboxylic acids is 1. The Balaban J connectivity index is 2.67. The van der Waals surface area contributed by atoms with Gasteiger partial charge in [0.25, 0.3) is 0 Å². The molecule has 0 aliphatic carbocycles. The third-order valence-electron chi connectivity index (χ3n) is 2.98. The van der Waals surface area contributed by atoms with E-state index in [0.29, 0.717) is 0 Å². The summed E-state index contributed by atoms with van der Waals surface area (Å²) in [6.07, 6.45) is -4.58. The second-order valence-corrected chi connectivity index (χ2v) is 4.45. The number of carbonyl (C=O) groups is 1. The van der Waals surface area contributed by atoms with Gasteiger partial charge in [-0.15, -0.1) is 0 Å². The summed E-state index contributed by atoms with van der Waals surface area (Å²) >= 11 is 0. The Bertz CT molecular complexity index is 723. The number of aromatic carboxylic acids is 1. The van der Waals surface area contributed by atoms with Crippen LogP contribution in [-0.2, 0) is 6.18 Å². The van der Waals surface area contributed by atoms with Crippen LogP contribution in [0.4, 0.5) is 17.6 Å². The lowest BCUT2D eigenvalue weighted by Crippen LogP contribution is -2.05. The van der Waals surface area contributed by atoms with E-state index in [0.717, 1.165) is 36.4 Å². The number of alkyl halides is 3. The molecule has 0 aromatic heterocycles. The molecule has 2 rings (SSSR count). The van der Waals surface area contributed by atoms with E-state index >= 15 is 0 Å². The van der Waals surface area contributed by atoms with Gasteiger partial charge >= 0.3 is 12.1 Å². The van der Waals surface area contributed by atoms with Crippen LogP contribution in [0.1, 0.15) is 15.9 Å². The van der Waals surface area contributed by atoms with Gasteiger partial charge in [0.15, 0.2) is 0 Å². The monoisotopic (exact) mass is 314 g/mol. The molecule has 0 spiro atoms. The fourth-order valence-electron chi connectivity index (χ4n) is 1.98. The molecule has 0 aliphatic heterocycles. The quantitative estimate of drug-likeness (QED) is 0.863. The van der Waals surface area contributed by atoms with Crippen molar-refractivity contribution < 1.29 is 32.2 Å². The highest BCUT2D eigenvalue weighted by Gasteiger charge is 2.31. The highest BCUT2D eigenvalue weighted by atomic mass is 19.4. The van der Waals surface area contributed by atoms with Crippen LogP contribution in [0.15, 0.2) is 36.4 Å². The molecule has 3 nitrogen and oxygen atoms in total. The topological polar surface area (TPSA) is 46.5 Å². The van der Waals surface area contributed by atoms with Gasteiger partial charge in [-0.1, -0.05) is 0 Å². The van der Waals surface area contributed by atoms with Crippen LogP contribution >= 0.6 is 0 Å². The Labute approximate surface area is 122 Å². The van der Waals surface area contributed by atoms with Crippen LogP contribution in [0.25, 0.3) is 11.1 Å². The fourth-order valence-corrected chi connectivity index (χ4v) is 1.98. The van der Waals surface area contributed by atoms with E-state index in [1.165, 1.54) is 7.11 Å². The molecule has 2 aromatic rings. The Morgan fingerprint density at radius 2 is 1.82 bits per heavy atom. The average Bonchev–Trinajstić information content (AvgIpc) is 2.44. The zero-order chi connectivity index (χ0) is 16.5. The van der Waals surface area contributed by atoms with Crippen LogP contribution in [0, 0.1) is 5.82 Å². The largest absolute Gasteiger partial charge is 0.496 e. The molecule has 2 aromatic carbocycles. The van der Waals surface area contributed by atoms with Gasteiger partial charge in [-0.25, -0.2) is 9.18 Å². The van der Waals surface area contributed by atoms with Crippen molar-refractivity contribution in [1.82, 2.24) is 0 Å². The lowest BCUT2D eigenvalue weighted by molar-refractivity contribution is -0.137. The van der Waals surface area contributed by atoms with Crippen LogP contribution in [0.3, 0.4) is 0 Å². The maximum Gasteiger partial charge on any atom is 0.416 e. The molecule has 0 atom stereocenters. The molecule has 0 aliphatic rings. The lowest BCUT2D eigenvalue weighted by atomic mass is 9.99. The maximum absolute atomic E-state index is 13.5. The van der Waals surface area contributed by atoms with Gasteiger partial charge in [0.05, 0.1) is 18.2 Å². The van der Waals surface area contributed by atoms with Crippen molar-refractivity contribution in [2.75, 3.05) is 7.11 Å². The average molecular weight is 314 g/mol. The molecular formula is C15H10F4O3. The zero-order valence-electron chi connectivity index (χ0n) is 11.2. The second kappa shape index (κ2) is 5.67. The van der Waals surface area contributed by atoms with Crippen LogP contribution in [-0.4, -0.2) is 18.2 Å². The highest BCUT2D eigenvalue weighted by molar-refractivity contribution is 5.90. The minimum Gasteiger partial charge on any atom is -0.496 e. The SMILES string of the molecule is COc1ccc(C(F)(F)F)cc1-c1cc(F)cc(C(=O)O)c1. The third kappa shape index (κ3) is 3.19. The van der Waals surface area contributed by atoms with Gasteiger partial charge in [0.2, 0.25) is 0 Å². The standard InChI is InChI=1S/C15H10F4O3/c1-22-13-3-2-10(15(17,18)19)7-12(13)8-4-9(14(20)21)6-11(16)5-8/h2-7H,1H3,(H,20,21). The lowest BCUT2D eigenvalue weighted by Gasteiger charge is -2.13. The number of hydrogen-bond donors (Lipinski definition) is 1. The summed E-state index contributed by atoms with van der Waals surface area (Å²) in [6.45, 7) is 0. The molecule has 22 heavy (non-hydrogen) atoms. The molecule has 0 amide bonds. The van der Waals surface area contributed by atoms with Crippen LogP contribution in [0.2, 0.25) is 0 Å². The summed E-state index contributed by atoms with van der Waals surface area (Å²) < 4.78 is 56.9. The van der Waals surface area contributed by atoms with Crippen molar-refractivity contribution in [2.45, 2.75) is 6.18 Å². The van der Waals surface area contributed by atoms with E-state index in [9.17, 15) is 22.4 Å². The first-order valence-corrected chi connectivity index (χ1v) is 6.02. The molecule has 0 unspecified atom stereocenters. The summed E-state index contributed by atoms with van der Waals surface area (Å²) in [5, 5.41) is 8.91. The molecule has 0 fully saturated rings. The van der Waals surface area contributed by atoms with Gasteiger partial charge < -0.3 is 9.84 Å². The Morgan fingerprint density at radius 1 is 1.14 bits per heavy atom. The molecular weight excluding hydrogens is 304 g/mol. The normalized spacial score (nSPS) is 11.3. The number of methoxy groups -OCH3 is 1. The molecule has 0 heterocycles. The Kier molecular flexibility index (Phi) is 4.07. The number of benzene rings is 2. The predicted molar refractivity (Wildman–Crippen MR) is 70.3 cm³/mol. The summed E-state index contributed by atoms with van der Waals surface area (Å²) in [7, 11) is 1.25. The van der Waals surface area contributed by atoms with E-state index < -0.39 is 23.5 Å². The van der Waals surface area contributed by atoms with Gasteiger partial charge in [-0.05, 0) is 42.0 Å². The first kappa shape index (κ1) is 15.8. The second-order valence-electron chi connectivity index (χ2n) is 4.45. The predicted octanol–water partition coefficient (Wildman–Crippen LogP) is 4.22. The van der Waals surface area contributed by atoms with Crippen molar-refractivity contribution >= 4 is 5.97 Å². The van der Waals surface area contributed by atoms with E-state index in [2.05, 4.69) is 0 Å². The Morgan fingerprint density at radius 3 is 2.36 bits per heavy atom. The number of carboxylic acid groups (broad SMARTS) is 1. The van der Waals surface area contributed by atoms with Crippen molar-refractivity contribution in [3.05, 3.63) is 53.3 Å². The fraction of sp³-hybridized carbons (Fsp3) is 0.133. The van der Waals surface area contributed by atoms with Crippen molar-refractivity contribution in [3.8, 4) is 16.9 Å². The highest BCUT2D eigenvalue weighted by Crippen LogP contribution is 2.37. The summed E-state index contributed by atoms with van der Waals surface area (Å²) in [5.41, 5.74) is -1.36. The molecule has 1 N–H and O–H groups in total. The van der Waals surface area contributed by atoms with E-state index in [-0.39, 0.29) is 22.4 Å². The van der Waals surface area contributed by atoms with Crippen LogP contribution in [0.5, 0.6) is 5.75 Å². The summed E-state index contributed by atoms with van der Waals surface area (Å²) in [5.74, 6) is -2.17. The summed E-state index contributed by atoms with van der Waals surface area (Å²) in [4.78, 5) is 10.9. The van der Waals surface area contributed by atoms with E-state index in [1.54, 1.807) is 0 Å². The van der Waals surface area contributed by atoms with Crippen molar-refractivity contribution in [3.63, 3.8) is 0 Å². The smallest absolute Gasteiger partial charge is 0.416 e. The molecule has 0 saturated heterocycles. The van der Waals surface area contributed by atoms with Gasteiger partial charge in [0, 0.05) is 5.56 Å². The van der Waals surface area contributed by atoms with Crippen LogP contribution < -0.4 is 4.74 Å². The number of ether oxygens (including phenoxy) is 1. The van der Waals surface area contributed by atoms with Crippen molar-refractivity contribution in [1.29, 1.82) is 0 Å². The molecule has 0 radical (unpaired) electrons. The molecule has 116 valence electrons.